The molecule has 0 aromatic rings. The van der Waals surface area contributed by atoms with Gasteiger partial charge in [-0.25, -0.2) is 0 Å². The summed E-state index contributed by atoms with van der Waals surface area (Å²) >= 11 is 0. The van der Waals surface area contributed by atoms with Gasteiger partial charge in [0.05, 0.1) is 12.2 Å². The van der Waals surface area contributed by atoms with Crippen molar-refractivity contribution < 1.29 is 10.2 Å². The topological polar surface area (TPSA) is 64.5 Å². The summed E-state index contributed by atoms with van der Waals surface area (Å²) < 4.78 is 0. The van der Waals surface area contributed by atoms with Gasteiger partial charge in [0.1, 0.15) is 0 Å². The number of rotatable bonds is 5. The van der Waals surface area contributed by atoms with Gasteiger partial charge in [0.2, 0.25) is 0 Å². The second-order valence-corrected chi connectivity index (χ2v) is 4.07. The second-order valence-electron chi connectivity index (χ2n) is 4.07. The quantitative estimate of drug-likeness (QED) is 0.379. The Labute approximate surface area is 85.7 Å². The van der Waals surface area contributed by atoms with Crippen LogP contribution in [0.15, 0.2) is 0 Å². The minimum absolute atomic E-state index is 0.0928. The Morgan fingerprint density at radius 2 is 2.07 bits per heavy atom. The molecule has 1 rings (SSSR count). The van der Waals surface area contributed by atoms with Crippen LogP contribution in [-0.4, -0.2) is 35.0 Å². The third-order valence-electron chi connectivity index (χ3n) is 2.73. The monoisotopic (exact) mass is 202 g/mol. The van der Waals surface area contributed by atoms with Gasteiger partial charge in [-0.05, 0) is 19.3 Å². The molecule has 0 aromatic carbocycles. The van der Waals surface area contributed by atoms with Crippen LogP contribution in [0.1, 0.15) is 39.0 Å². The summed E-state index contributed by atoms with van der Waals surface area (Å²) in [6.07, 6.45) is 3.67. The van der Waals surface area contributed by atoms with Crippen molar-refractivity contribution in [3.8, 4) is 0 Å². The normalized spacial score (nSPS) is 33.2. The Hall–Kier alpha value is -0.160. The van der Waals surface area contributed by atoms with Crippen LogP contribution in [-0.2, 0) is 0 Å². The van der Waals surface area contributed by atoms with Gasteiger partial charge in [-0.2, -0.15) is 0 Å². The van der Waals surface area contributed by atoms with Crippen LogP contribution in [0, 0.1) is 0 Å². The molecule has 14 heavy (non-hydrogen) atoms. The average molecular weight is 202 g/mol. The number of aliphatic hydroxyl groups is 2. The molecule has 0 saturated heterocycles. The SMILES string of the molecule is CCCCNNC1CCC(O)CC1O. The van der Waals surface area contributed by atoms with Gasteiger partial charge in [0, 0.05) is 19.0 Å². The predicted molar refractivity (Wildman–Crippen MR) is 55.7 cm³/mol. The largest absolute Gasteiger partial charge is 0.393 e. The van der Waals surface area contributed by atoms with Crippen LogP contribution in [0.2, 0.25) is 0 Å². The highest BCUT2D eigenvalue weighted by molar-refractivity contribution is 4.83. The van der Waals surface area contributed by atoms with Crippen molar-refractivity contribution in [2.45, 2.75) is 57.3 Å². The Morgan fingerprint density at radius 3 is 2.71 bits per heavy atom. The number of unbranched alkanes of at least 4 members (excludes halogenated alkanes) is 1. The van der Waals surface area contributed by atoms with Crippen molar-refractivity contribution in [1.29, 1.82) is 0 Å². The fraction of sp³-hybridized carbons (Fsp3) is 1.00. The van der Waals surface area contributed by atoms with E-state index in [9.17, 15) is 10.2 Å². The van der Waals surface area contributed by atoms with E-state index in [4.69, 9.17) is 0 Å². The van der Waals surface area contributed by atoms with Gasteiger partial charge >= 0.3 is 0 Å². The maximum Gasteiger partial charge on any atom is 0.0731 e. The van der Waals surface area contributed by atoms with Gasteiger partial charge in [-0.1, -0.05) is 13.3 Å². The molecule has 3 atom stereocenters. The standard InChI is InChI=1S/C10H22N2O2/c1-2-3-6-11-12-9-5-4-8(13)7-10(9)14/h8-14H,2-7H2,1H3. The molecular weight excluding hydrogens is 180 g/mol. The van der Waals surface area contributed by atoms with E-state index in [1.54, 1.807) is 0 Å². The molecule has 1 aliphatic rings. The molecule has 4 N–H and O–H groups in total. The fourth-order valence-electron chi connectivity index (χ4n) is 1.76. The first-order valence-corrected chi connectivity index (χ1v) is 5.58. The number of nitrogens with one attached hydrogen (secondary N) is 2. The summed E-state index contributed by atoms with van der Waals surface area (Å²) in [5, 5.41) is 18.9. The first-order valence-electron chi connectivity index (χ1n) is 5.58. The third-order valence-corrected chi connectivity index (χ3v) is 2.73. The first-order chi connectivity index (χ1) is 6.74. The molecule has 0 radical (unpaired) electrons. The smallest absolute Gasteiger partial charge is 0.0731 e. The van der Waals surface area contributed by atoms with Crippen molar-refractivity contribution in [2.75, 3.05) is 6.54 Å². The lowest BCUT2D eigenvalue weighted by molar-refractivity contribution is 0.0131. The zero-order valence-corrected chi connectivity index (χ0v) is 8.87. The van der Waals surface area contributed by atoms with E-state index < -0.39 is 6.10 Å². The van der Waals surface area contributed by atoms with Gasteiger partial charge in [0.15, 0.2) is 0 Å². The van der Waals surface area contributed by atoms with Crippen molar-refractivity contribution in [2.24, 2.45) is 0 Å². The zero-order chi connectivity index (χ0) is 10.4. The molecule has 1 fully saturated rings. The third kappa shape index (κ3) is 3.92. The zero-order valence-electron chi connectivity index (χ0n) is 8.87. The molecule has 4 heteroatoms. The van der Waals surface area contributed by atoms with Crippen LogP contribution >= 0.6 is 0 Å². The van der Waals surface area contributed by atoms with Crippen molar-refractivity contribution in [1.82, 2.24) is 10.9 Å². The fourth-order valence-corrected chi connectivity index (χ4v) is 1.76. The van der Waals surface area contributed by atoms with Crippen LogP contribution in [0.25, 0.3) is 0 Å². The van der Waals surface area contributed by atoms with Crippen molar-refractivity contribution >= 4 is 0 Å². The van der Waals surface area contributed by atoms with Crippen molar-refractivity contribution in [3.63, 3.8) is 0 Å². The Morgan fingerprint density at radius 1 is 1.29 bits per heavy atom. The highest BCUT2D eigenvalue weighted by Crippen LogP contribution is 2.18. The summed E-state index contributed by atoms with van der Waals surface area (Å²) in [4.78, 5) is 0. The highest BCUT2D eigenvalue weighted by atomic mass is 16.3. The summed E-state index contributed by atoms with van der Waals surface area (Å²) in [6.45, 7) is 3.08. The number of hydrogen-bond donors (Lipinski definition) is 4. The van der Waals surface area contributed by atoms with Crippen LogP contribution in [0.5, 0.6) is 0 Å². The minimum atomic E-state index is -0.423. The lowest BCUT2D eigenvalue weighted by Crippen LogP contribution is -2.51. The predicted octanol–water partition coefficient (Wildman–Crippen LogP) is 0.155. The number of aliphatic hydroxyl groups excluding tert-OH is 2. The molecule has 0 amide bonds. The van der Waals surface area contributed by atoms with Crippen LogP contribution in [0.4, 0.5) is 0 Å². The van der Waals surface area contributed by atoms with Crippen LogP contribution < -0.4 is 10.9 Å². The molecule has 4 nitrogen and oxygen atoms in total. The number of hydrogen-bond acceptors (Lipinski definition) is 4. The summed E-state index contributed by atoms with van der Waals surface area (Å²) in [6, 6.07) is 0.0928. The van der Waals surface area contributed by atoms with Gasteiger partial charge in [-0.3, -0.25) is 10.9 Å². The summed E-state index contributed by atoms with van der Waals surface area (Å²) in [5.74, 6) is 0. The Kier molecular flexibility index (Phi) is 5.40. The van der Waals surface area contributed by atoms with Gasteiger partial charge < -0.3 is 10.2 Å². The minimum Gasteiger partial charge on any atom is -0.393 e. The maximum absolute atomic E-state index is 9.63. The molecule has 0 bridgehead atoms. The molecule has 1 saturated carbocycles. The molecule has 1 aliphatic carbocycles. The first kappa shape index (κ1) is 11.9. The van der Waals surface area contributed by atoms with E-state index in [0.717, 1.165) is 25.8 Å². The lowest BCUT2D eigenvalue weighted by Gasteiger charge is -2.31. The average Bonchev–Trinajstić information content (AvgIpc) is 2.15. The summed E-state index contributed by atoms with van der Waals surface area (Å²) in [5.41, 5.74) is 6.23. The molecule has 0 spiro atoms. The molecule has 0 aromatic heterocycles. The van der Waals surface area contributed by atoms with E-state index >= 15 is 0 Å². The highest BCUT2D eigenvalue weighted by Gasteiger charge is 2.27. The molecule has 0 aliphatic heterocycles. The Bertz CT molecular complexity index is 155. The molecular formula is C10H22N2O2. The van der Waals surface area contributed by atoms with Crippen molar-refractivity contribution in [3.05, 3.63) is 0 Å². The van der Waals surface area contributed by atoms with E-state index in [1.807, 2.05) is 0 Å². The summed E-state index contributed by atoms with van der Waals surface area (Å²) in [7, 11) is 0. The van der Waals surface area contributed by atoms with Gasteiger partial charge in [-0.15, -0.1) is 0 Å². The number of hydrazine groups is 1. The molecule has 84 valence electrons. The van der Waals surface area contributed by atoms with E-state index in [1.165, 1.54) is 6.42 Å². The second kappa shape index (κ2) is 6.35. The van der Waals surface area contributed by atoms with E-state index in [-0.39, 0.29) is 12.1 Å². The Balaban J connectivity index is 2.11. The molecule has 3 unspecified atom stereocenters. The van der Waals surface area contributed by atoms with Crippen LogP contribution in [0.3, 0.4) is 0 Å². The van der Waals surface area contributed by atoms with E-state index in [0.29, 0.717) is 6.42 Å². The maximum atomic E-state index is 9.63. The lowest BCUT2D eigenvalue weighted by atomic mass is 9.91. The molecule has 0 heterocycles. The van der Waals surface area contributed by atoms with Gasteiger partial charge in [0.25, 0.3) is 0 Å². The van der Waals surface area contributed by atoms with E-state index in [2.05, 4.69) is 17.8 Å².